The van der Waals surface area contributed by atoms with Crippen LogP contribution in [0.3, 0.4) is 0 Å². The Hall–Kier alpha value is -1.39. The summed E-state index contributed by atoms with van der Waals surface area (Å²) in [6.07, 6.45) is 0.851. The lowest BCUT2D eigenvalue weighted by Crippen LogP contribution is -2.19. The topological polar surface area (TPSA) is 21.3 Å². The standard InChI is InChI=1S/C17H19BrFNO/c1-20-11-14(12-3-5-15(19)6-4-12)9-13-10-16(21-2)7-8-17(13)18/h3-8,10,14,20H,9,11H2,1-2H3. The van der Waals surface area contributed by atoms with E-state index in [-0.39, 0.29) is 11.7 Å². The number of likely N-dealkylation sites (N-methyl/N-ethyl adjacent to an activating group) is 1. The van der Waals surface area contributed by atoms with Gasteiger partial charge in [-0.1, -0.05) is 28.1 Å². The lowest BCUT2D eigenvalue weighted by atomic mass is 9.92. The highest BCUT2D eigenvalue weighted by molar-refractivity contribution is 9.10. The van der Waals surface area contributed by atoms with Crippen LogP contribution in [0.25, 0.3) is 0 Å². The molecule has 2 aromatic rings. The normalized spacial score (nSPS) is 12.2. The van der Waals surface area contributed by atoms with Gasteiger partial charge in [0, 0.05) is 16.9 Å². The van der Waals surface area contributed by atoms with E-state index in [2.05, 4.69) is 21.2 Å². The first-order valence-electron chi connectivity index (χ1n) is 6.86. The van der Waals surface area contributed by atoms with E-state index >= 15 is 0 Å². The summed E-state index contributed by atoms with van der Waals surface area (Å²) in [6, 6.07) is 12.7. The van der Waals surface area contributed by atoms with Crippen LogP contribution >= 0.6 is 15.9 Å². The van der Waals surface area contributed by atoms with Crippen LogP contribution < -0.4 is 10.1 Å². The van der Waals surface area contributed by atoms with Gasteiger partial charge in [0.25, 0.3) is 0 Å². The smallest absolute Gasteiger partial charge is 0.123 e. The van der Waals surface area contributed by atoms with E-state index in [1.54, 1.807) is 7.11 Å². The molecule has 0 aliphatic carbocycles. The average molecular weight is 352 g/mol. The summed E-state index contributed by atoms with van der Waals surface area (Å²) in [7, 11) is 3.59. The van der Waals surface area contributed by atoms with Crippen molar-refractivity contribution in [3.8, 4) is 5.75 Å². The first-order chi connectivity index (χ1) is 10.1. The number of rotatable bonds is 6. The zero-order valence-corrected chi connectivity index (χ0v) is 13.8. The van der Waals surface area contributed by atoms with Gasteiger partial charge in [0.1, 0.15) is 11.6 Å². The second-order valence-corrected chi connectivity index (χ2v) is 5.82. The molecule has 21 heavy (non-hydrogen) atoms. The SMILES string of the molecule is CNCC(Cc1cc(OC)ccc1Br)c1ccc(F)cc1. The van der Waals surface area contributed by atoms with Gasteiger partial charge in [-0.2, -0.15) is 0 Å². The van der Waals surface area contributed by atoms with Crippen molar-refractivity contribution in [1.29, 1.82) is 0 Å². The zero-order chi connectivity index (χ0) is 15.2. The molecule has 2 nitrogen and oxygen atoms in total. The summed E-state index contributed by atoms with van der Waals surface area (Å²) in [4.78, 5) is 0. The highest BCUT2D eigenvalue weighted by Gasteiger charge is 2.14. The fourth-order valence-electron chi connectivity index (χ4n) is 2.39. The highest BCUT2D eigenvalue weighted by Crippen LogP contribution is 2.28. The molecule has 1 unspecified atom stereocenters. The van der Waals surface area contributed by atoms with Gasteiger partial charge in [-0.3, -0.25) is 0 Å². The van der Waals surface area contributed by atoms with Crippen LogP contribution in [0.15, 0.2) is 46.9 Å². The molecule has 112 valence electrons. The Bertz CT molecular complexity index is 586. The minimum Gasteiger partial charge on any atom is -0.497 e. The van der Waals surface area contributed by atoms with E-state index in [4.69, 9.17) is 4.74 Å². The summed E-state index contributed by atoms with van der Waals surface area (Å²) in [5, 5.41) is 3.21. The Balaban J connectivity index is 2.25. The van der Waals surface area contributed by atoms with Gasteiger partial charge >= 0.3 is 0 Å². The Morgan fingerprint density at radius 1 is 1.19 bits per heavy atom. The fourth-order valence-corrected chi connectivity index (χ4v) is 2.80. The molecular weight excluding hydrogens is 333 g/mol. The predicted molar refractivity (Wildman–Crippen MR) is 87.5 cm³/mol. The molecule has 0 bridgehead atoms. The summed E-state index contributed by atoms with van der Waals surface area (Å²) < 4.78 is 19.4. The molecule has 1 atom stereocenters. The Labute approximate surface area is 133 Å². The molecule has 0 aromatic heterocycles. The molecular formula is C17H19BrFNO. The van der Waals surface area contributed by atoms with Gasteiger partial charge in [0.2, 0.25) is 0 Å². The second kappa shape index (κ2) is 7.57. The number of halogens is 2. The molecule has 0 radical (unpaired) electrons. The van der Waals surface area contributed by atoms with Gasteiger partial charge in [-0.05, 0) is 54.9 Å². The Morgan fingerprint density at radius 2 is 1.90 bits per heavy atom. The highest BCUT2D eigenvalue weighted by atomic mass is 79.9. The van der Waals surface area contributed by atoms with Crippen LogP contribution in [0, 0.1) is 5.82 Å². The molecule has 0 heterocycles. The molecule has 0 saturated carbocycles. The van der Waals surface area contributed by atoms with E-state index in [0.29, 0.717) is 0 Å². The Kier molecular flexibility index (Phi) is 5.76. The maximum Gasteiger partial charge on any atom is 0.123 e. The molecule has 4 heteroatoms. The van der Waals surface area contributed by atoms with Crippen molar-refractivity contribution in [3.63, 3.8) is 0 Å². The number of benzene rings is 2. The van der Waals surface area contributed by atoms with Crippen molar-refractivity contribution in [3.05, 3.63) is 63.9 Å². The van der Waals surface area contributed by atoms with Crippen LogP contribution in [0.4, 0.5) is 4.39 Å². The third-order valence-corrected chi connectivity index (χ3v) is 4.28. The maximum absolute atomic E-state index is 13.1. The van der Waals surface area contributed by atoms with Crippen molar-refractivity contribution in [1.82, 2.24) is 5.32 Å². The zero-order valence-electron chi connectivity index (χ0n) is 12.2. The minimum absolute atomic E-state index is 0.204. The van der Waals surface area contributed by atoms with E-state index in [1.807, 2.05) is 37.4 Å². The van der Waals surface area contributed by atoms with Crippen LogP contribution in [0.1, 0.15) is 17.0 Å². The van der Waals surface area contributed by atoms with E-state index in [1.165, 1.54) is 17.7 Å². The lowest BCUT2D eigenvalue weighted by molar-refractivity contribution is 0.414. The first kappa shape index (κ1) is 16.0. The molecule has 2 rings (SSSR count). The lowest BCUT2D eigenvalue weighted by Gasteiger charge is -2.18. The number of hydrogen-bond acceptors (Lipinski definition) is 2. The van der Waals surface area contributed by atoms with E-state index in [0.717, 1.165) is 28.8 Å². The first-order valence-corrected chi connectivity index (χ1v) is 7.66. The third kappa shape index (κ3) is 4.29. The molecule has 0 amide bonds. The monoisotopic (exact) mass is 351 g/mol. The van der Waals surface area contributed by atoms with Gasteiger partial charge < -0.3 is 10.1 Å². The molecule has 0 aliphatic heterocycles. The van der Waals surface area contributed by atoms with Gasteiger partial charge in [0.15, 0.2) is 0 Å². The molecule has 0 fully saturated rings. The van der Waals surface area contributed by atoms with Gasteiger partial charge in [-0.25, -0.2) is 4.39 Å². The van der Waals surface area contributed by atoms with Crippen molar-refractivity contribution >= 4 is 15.9 Å². The predicted octanol–water partition coefficient (Wildman–Crippen LogP) is 4.14. The Morgan fingerprint density at radius 3 is 2.52 bits per heavy atom. The summed E-state index contributed by atoms with van der Waals surface area (Å²) in [6.45, 7) is 0.829. The maximum atomic E-state index is 13.1. The fraction of sp³-hybridized carbons (Fsp3) is 0.294. The second-order valence-electron chi connectivity index (χ2n) is 4.97. The molecule has 0 saturated heterocycles. The number of methoxy groups -OCH3 is 1. The van der Waals surface area contributed by atoms with Crippen molar-refractivity contribution in [2.24, 2.45) is 0 Å². The number of ether oxygens (including phenoxy) is 1. The third-order valence-electron chi connectivity index (χ3n) is 3.51. The molecule has 1 N–H and O–H groups in total. The van der Waals surface area contributed by atoms with Crippen LogP contribution in [0.5, 0.6) is 5.75 Å². The van der Waals surface area contributed by atoms with Crippen molar-refractivity contribution in [2.45, 2.75) is 12.3 Å². The van der Waals surface area contributed by atoms with Crippen molar-refractivity contribution in [2.75, 3.05) is 20.7 Å². The van der Waals surface area contributed by atoms with E-state index in [9.17, 15) is 4.39 Å². The average Bonchev–Trinajstić information content (AvgIpc) is 2.49. The minimum atomic E-state index is -0.204. The van der Waals surface area contributed by atoms with Crippen LogP contribution in [0.2, 0.25) is 0 Å². The van der Waals surface area contributed by atoms with Crippen LogP contribution in [-0.4, -0.2) is 20.7 Å². The molecule has 0 spiro atoms. The molecule has 2 aromatic carbocycles. The quantitative estimate of drug-likeness (QED) is 0.844. The van der Waals surface area contributed by atoms with Crippen molar-refractivity contribution < 1.29 is 9.13 Å². The summed E-state index contributed by atoms with van der Waals surface area (Å²) in [5.74, 6) is 0.916. The number of hydrogen-bond donors (Lipinski definition) is 1. The number of nitrogens with one attached hydrogen (secondary N) is 1. The largest absolute Gasteiger partial charge is 0.497 e. The van der Waals surface area contributed by atoms with E-state index < -0.39 is 0 Å². The molecule has 0 aliphatic rings. The van der Waals surface area contributed by atoms with Crippen LogP contribution in [-0.2, 0) is 6.42 Å². The van der Waals surface area contributed by atoms with Gasteiger partial charge in [-0.15, -0.1) is 0 Å². The van der Waals surface area contributed by atoms with Gasteiger partial charge in [0.05, 0.1) is 7.11 Å². The summed E-state index contributed by atoms with van der Waals surface area (Å²) >= 11 is 3.59. The summed E-state index contributed by atoms with van der Waals surface area (Å²) in [5.41, 5.74) is 2.30.